The van der Waals surface area contributed by atoms with E-state index in [0.29, 0.717) is 11.8 Å². The van der Waals surface area contributed by atoms with E-state index in [1.807, 2.05) is 18.7 Å². The van der Waals surface area contributed by atoms with Crippen molar-refractivity contribution in [2.24, 2.45) is 0 Å². The molecular formula is C13H15F2N5. The summed E-state index contributed by atoms with van der Waals surface area (Å²) in [6.07, 6.45) is 1.38. The van der Waals surface area contributed by atoms with Crippen LogP contribution in [0.15, 0.2) is 24.4 Å². The predicted molar refractivity (Wildman–Crippen MR) is 73.0 cm³/mol. The van der Waals surface area contributed by atoms with Crippen molar-refractivity contribution in [3.05, 3.63) is 36.0 Å². The first kappa shape index (κ1) is 14.1. The topological polar surface area (TPSA) is 53.9 Å². The molecule has 106 valence electrons. The number of hydrogen-bond acceptors (Lipinski definition) is 5. The fourth-order valence-corrected chi connectivity index (χ4v) is 1.72. The second-order valence-corrected chi connectivity index (χ2v) is 4.06. The summed E-state index contributed by atoms with van der Waals surface area (Å²) in [7, 11) is 0. The third-order valence-corrected chi connectivity index (χ3v) is 2.79. The number of anilines is 3. The molecule has 0 amide bonds. The Morgan fingerprint density at radius 1 is 1.20 bits per heavy atom. The van der Waals surface area contributed by atoms with Crippen molar-refractivity contribution in [3.8, 4) is 0 Å². The second-order valence-electron chi connectivity index (χ2n) is 4.06. The molecule has 7 heteroatoms. The molecule has 0 aliphatic rings. The average molecular weight is 279 g/mol. The third-order valence-electron chi connectivity index (χ3n) is 2.79. The fraction of sp³-hybridized carbons (Fsp3) is 0.308. The van der Waals surface area contributed by atoms with Gasteiger partial charge in [0.05, 0.1) is 11.9 Å². The predicted octanol–water partition coefficient (Wildman–Crippen LogP) is 2.74. The summed E-state index contributed by atoms with van der Waals surface area (Å²) < 4.78 is 26.4. The molecule has 0 spiro atoms. The van der Waals surface area contributed by atoms with Crippen LogP contribution >= 0.6 is 0 Å². The third kappa shape index (κ3) is 3.17. The van der Waals surface area contributed by atoms with Gasteiger partial charge in [0, 0.05) is 19.2 Å². The van der Waals surface area contributed by atoms with Gasteiger partial charge in [0.25, 0.3) is 0 Å². The fourth-order valence-electron chi connectivity index (χ4n) is 1.72. The summed E-state index contributed by atoms with van der Waals surface area (Å²) in [5.41, 5.74) is 0.136. The van der Waals surface area contributed by atoms with Crippen LogP contribution in [-0.2, 0) is 0 Å². The molecule has 0 unspecified atom stereocenters. The number of rotatable bonds is 5. The molecule has 0 fully saturated rings. The minimum Gasteiger partial charge on any atom is -0.340 e. The van der Waals surface area contributed by atoms with E-state index in [-0.39, 0.29) is 5.69 Å². The Kier molecular flexibility index (Phi) is 4.39. The normalized spacial score (nSPS) is 10.4. The number of hydrogen-bond donors (Lipinski definition) is 1. The molecule has 5 nitrogen and oxygen atoms in total. The van der Waals surface area contributed by atoms with E-state index in [9.17, 15) is 8.78 Å². The summed E-state index contributed by atoms with van der Waals surface area (Å²) >= 11 is 0. The van der Waals surface area contributed by atoms with Gasteiger partial charge in [0.15, 0.2) is 5.82 Å². The van der Waals surface area contributed by atoms with Crippen molar-refractivity contribution >= 4 is 17.5 Å². The van der Waals surface area contributed by atoms with Crippen LogP contribution in [0.25, 0.3) is 0 Å². The molecule has 1 aromatic heterocycles. The lowest BCUT2D eigenvalue weighted by Crippen LogP contribution is -2.24. The molecule has 2 aromatic rings. The first-order valence-corrected chi connectivity index (χ1v) is 6.30. The highest BCUT2D eigenvalue weighted by Crippen LogP contribution is 2.19. The monoisotopic (exact) mass is 279 g/mol. The van der Waals surface area contributed by atoms with Crippen LogP contribution in [0, 0.1) is 11.6 Å². The molecule has 1 aromatic carbocycles. The highest BCUT2D eigenvalue weighted by atomic mass is 19.1. The SMILES string of the molecule is CCN(CC)c1nncc(Nc2ccc(F)cc2F)n1. The Bertz CT molecular complexity index is 587. The maximum atomic E-state index is 13.6. The number of halogens is 2. The Hall–Kier alpha value is -2.31. The zero-order valence-electron chi connectivity index (χ0n) is 11.3. The van der Waals surface area contributed by atoms with Crippen LogP contribution in [0.5, 0.6) is 0 Å². The van der Waals surface area contributed by atoms with Crippen LogP contribution < -0.4 is 10.2 Å². The molecule has 1 N–H and O–H groups in total. The molecule has 0 radical (unpaired) electrons. The summed E-state index contributed by atoms with van der Waals surface area (Å²) in [5.74, 6) is -0.499. The van der Waals surface area contributed by atoms with E-state index in [4.69, 9.17) is 0 Å². The van der Waals surface area contributed by atoms with Gasteiger partial charge in [0.2, 0.25) is 5.95 Å². The highest BCUT2D eigenvalue weighted by molar-refractivity contribution is 5.56. The van der Waals surface area contributed by atoms with Gasteiger partial charge in [-0.3, -0.25) is 0 Å². The standard InChI is InChI=1S/C13H15F2N5/c1-3-20(4-2)13-18-12(8-16-19-13)17-11-6-5-9(14)7-10(11)15/h5-8H,3-4H2,1-2H3,(H,17,18,19). The zero-order chi connectivity index (χ0) is 14.5. The Balaban J connectivity index is 2.23. The molecule has 0 aliphatic heterocycles. The van der Waals surface area contributed by atoms with Crippen LogP contribution in [0.2, 0.25) is 0 Å². The minimum atomic E-state index is -0.687. The molecule has 0 saturated heterocycles. The van der Waals surface area contributed by atoms with Gasteiger partial charge in [-0.25, -0.2) is 8.78 Å². The number of aromatic nitrogens is 3. The molecule has 0 saturated carbocycles. The maximum absolute atomic E-state index is 13.6. The van der Waals surface area contributed by atoms with Gasteiger partial charge in [-0.1, -0.05) is 0 Å². The van der Waals surface area contributed by atoms with Gasteiger partial charge < -0.3 is 10.2 Å². The van der Waals surface area contributed by atoms with Crippen molar-refractivity contribution in [3.63, 3.8) is 0 Å². The Morgan fingerprint density at radius 2 is 1.95 bits per heavy atom. The van der Waals surface area contributed by atoms with Crippen LogP contribution in [0.4, 0.5) is 26.2 Å². The minimum absolute atomic E-state index is 0.136. The van der Waals surface area contributed by atoms with E-state index in [0.717, 1.165) is 19.2 Å². The van der Waals surface area contributed by atoms with E-state index in [1.54, 1.807) is 0 Å². The van der Waals surface area contributed by atoms with Crippen LogP contribution in [0.1, 0.15) is 13.8 Å². The molecule has 1 heterocycles. The first-order valence-electron chi connectivity index (χ1n) is 6.30. The maximum Gasteiger partial charge on any atom is 0.247 e. The quantitative estimate of drug-likeness (QED) is 0.912. The van der Waals surface area contributed by atoms with Crippen LogP contribution in [0.3, 0.4) is 0 Å². The van der Waals surface area contributed by atoms with Gasteiger partial charge in [-0.2, -0.15) is 10.1 Å². The van der Waals surface area contributed by atoms with Crippen molar-refractivity contribution in [1.29, 1.82) is 0 Å². The second kappa shape index (κ2) is 6.23. The summed E-state index contributed by atoms with van der Waals surface area (Å²) in [5, 5.41) is 10.5. The van der Waals surface area contributed by atoms with Crippen molar-refractivity contribution in [2.75, 3.05) is 23.3 Å². The molecule has 0 atom stereocenters. The van der Waals surface area contributed by atoms with Gasteiger partial charge in [-0.05, 0) is 26.0 Å². The van der Waals surface area contributed by atoms with Gasteiger partial charge >= 0.3 is 0 Å². The largest absolute Gasteiger partial charge is 0.340 e. The number of nitrogens with zero attached hydrogens (tertiary/aromatic N) is 4. The van der Waals surface area contributed by atoms with Gasteiger partial charge in [-0.15, -0.1) is 5.10 Å². The number of benzene rings is 1. The lowest BCUT2D eigenvalue weighted by molar-refractivity contribution is 0.586. The Morgan fingerprint density at radius 3 is 2.60 bits per heavy atom. The van der Waals surface area contributed by atoms with Crippen molar-refractivity contribution in [1.82, 2.24) is 15.2 Å². The highest BCUT2D eigenvalue weighted by Gasteiger charge is 2.09. The average Bonchev–Trinajstić information content (AvgIpc) is 2.44. The van der Waals surface area contributed by atoms with Crippen LogP contribution in [-0.4, -0.2) is 28.3 Å². The van der Waals surface area contributed by atoms with Gasteiger partial charge in [0.1, 0.15) is 11.6 Å². The Labute approximate surface area is 115 Å². The smallest absolute Gasteiger partial charge is 0.247 e. The zero-order valence-corrected chi connectivity index (χ0v) is 11.3. The summed E-state index contributed by atoms with van der Waals surface area (Å²) in [4.78, 5) is 6.17. The van der Waals surface area contributed by atoms with Crippen molar-refractivity contribution < 1.29 is 8.78 Å². The molecule has 0 bridgehead atoms. The summed E-state index contributed by atoms with van der Waals surface area (Å²) in [6, 6.07) is 3.29. The van der Waals surface area contributed by atoms with E-state index in [2.05, 4.69) is 20.5 Å². The number of nitrogens with one attached hydrogen (secondary N) is 1. The lowest BCUT2D eigenvalue weighted by Gasteiger charge is -2.18. The lowest BCUT2D eigenvalue weighted by atomic mass is 10.3. The van der Waals surface area contributed by atoms with E-state index < -0.39 is 11.6 Å². The molecule has 0 aliphatic carbocycles. The molecular weight excluding hydrogens is 264 g/mol. The summed E-state index contributed by atoms with van der Waals surface area (Å²) in [6.45, 7) is 5.44. The first-order chi connectivity index (χ1) is 9.63. The molecule has 2 rings (SSSR count). The molecule has 20 heavy (non-hydrogen) atoms. The van der Waals surface area contributed by atoms with Crippen molar-refractivity contribution in [2.45, 2.75) is 13.8 Å². The van der Waals surface area contributed by atoms with E-state index in [1.165, 1.54) is 18.3 Å². The van der Waals surface area contributed by atoms with E-state index >= 15 is 0 Å².